The second-order valence-corrected chi connectivity index (χ2v) is 5.35. The van der Waals surface area contributed by atoms with Crippen LogP contribution in [0.3, 0.4) is 0 Å². The fourth-order valence-electron chi connectivity index (χ4n) is 2.46. The lowest BCUT2D eigenvalue weighted by Crippen LogP contribution is -2.44. The molecule has 1 fully saturated rings. The number of amides is 1. The average molecular weight is 262 g/mol. The maximum atomic E-state index is 12.2. The Morgan fingerprint density at radius 3 is 2.95 bits per heavy atom. The van der Waals surface area contributed by atoms with Gasteiger partial charge in [-0.1, -0.05) is 24.6 Å². The number of β-amino-alcohol motifs (C(OH)–C–C–N with tert-alkyl or cyclic N) is 1. The SMILES string of the molecule is CCc1cc(C)ccc1C(=O)NCC1(O)CCNC1. The maximum absolute atomic E-state index is 12.2. The molecule has 1 heterocycles. The van der Waals surface area contributed by atoms with E-state index in [2.05, 4.69) is 10.6 Å². The highest BCUT2D eigenvalue weighted by Gasteiger charge is 2.31. The molecule has 0 spiro atoms. The summed E-state index contributed by atoms with van der Waals surface area (Å²) in [6.07, 6.45) is 1.51. The second kappa shape index (κ2) is 5.72. The van der Waals surface area contributed by atoms with E-state index in [1.807, 2.05) is 32.0 Å². The maximum Gasteiger partial charge on any atom is 0.251 e. The topological polar surface area (TPSA) is 61.4 Å². The number of nitrogens with one attached hydrogen (secondary N) is 2. The first-order chi connectivity index (χ1) is 9.04. The quantitative estimate of drug-likeness (QED) is 0.759. The van der Waals surface area contributed by atoms with Crippen molar-refractivity contribution in [2.75, 3.05) is 19.6 Å². The van der Waals surface area contributed by atoms with Crippen molar-refractivity contribution in [2.45, 2.75) is 32.3 Å². The minimum absolute atomic E-state index is 0.0998. The van der Waals surface area contributed by atoms with E-state index >= 15 is 0 Å². The van der Waals surface area contributed by atoms with Gasteiger partial charge < -0.3 is 15.7 Å². The molecule has 1 aliphatic heterocycles. The van der Waals surface area contributed by atoms with Crippen LogP contribution in [0.1, 0.15) is 34.8 Å². The molecule has 1 aromatic rings. The summed E-state index contributed by atoms with van der Waals surface area (Å²) in [5, 5.41) is 16.1. The molecule has 0 aliphatic carbocycles. The molecule has 1 atom stereocenters. The first kappa shape index (κ1) is 14.0. The van der Waals surface area contributed by atoms with Crippen LogP contribution in [0, 0.1) is 6.92 Å². The van der Waals surface area contributed by atoms with E-state index in [1.165, 1.54) is 0 Å². The highest BCUT2D eigenvalue weighted by Crippen LogP contribution is 2.15. The van der Waals surface area contributed by atoms with Crippen LogP contribution in [0.5, 0.6) is 0 Å². The number of carbonyl (C=O) groups is 1. The monoisotopic (exact) mass is 262 g/mol. The molecule has 0 aromatic heterocycles. The van der Waals surface area contributed by atoms with Crippen LogP contribution in [0.15, 0.2) is 18.2 Å². The standard InChI is InChI=1S/C15H22N2O2/c1-3-12-8-11(2)4-5-13(12)14(18)17-10-15(19)6-7-16-9-15/h4-5,8,16,19H,3,6-7,9-10H2,1-2H3,(H,17,18). The predicted molar refractivity (Wildman–Crippen MR) is 75.3 cm³/mol. The molecular formula is C15H22N2O2. The van der Waals surface area contributed by atoms with Gasteiger partial charge in [0, 0.05) is 18.7 Å². The van der Waals surface area contributed by atoms with Gasteiger partial charge in [-0.3, -0.25) is 4.79 Å². The van der Waals surface area contributed by atoms with Crippen molar-refractivity contribution in [3.8, 4) is 0 Å². The lowest BCUT2D eigenvalue weighted by molar-refractivity contribution is 0.0561. The van der Waals surface area contributed by atoms with Gasteiger partial charge in [-0.25, -0.2) is 0 Å². The lowest BCUT2D eigenvalue weighted by Gasteiger charge is -2.22. The first-order valence-electron chi connectivity index (χ1n) is 6.85. The van der Waals surface area contributed by atoms with Crippen molar-refractivity contribution in [1.82, 2.24) is 10.6 Å². The zero-order chi connectivity index (χ0) is 13.9. The van der Waals surface area contributed by atoms with Crippen molar-refractivity contribution in [2.24, 2.45) is 0 Å². The summed E-state index contributed by atoms with van der Waals surface area (Å²) in [6, 6.07) is 5.85. The highest BCUT2D eigenvalue weighted by molar-refractivity contribution is 5.95. The molecule has 0 radical (unpaired) electrons. The Morgan fingerprint density at radius 1 is 1.53 bits per heavy atom. The summed E-state index contributed by atoms with van der Waals surface area (Å²) in [5.74, 6) is -0.0998. The van der Waals surface area contributed by atoms with Crippen LogP contribution < -0.4 is 10.6 Å². The van der Waals surface area contributed by atoms with E-state index in [-0.39, 0.29) is 5.91 Å². The second-order valence-electron chi connectivity index (χ2n) is 5.35. The number of benzene rings is 1. The first-order valence-corrected chi connectivity index (χ1v) is 6.85. The van der Waals surface area contributed by atoms with Gasteiger partial charge in [0.2, 0.25) is 0 Å². The molecule has 1 saturated heterocycles. The Bertz CT molecular complexity index is 465. The third-order valence-corrected chi connectivity index (χ3v) is 3.69. The zero-order valence-electron chi connectivity index (χ0n) is 11.6. The van der Waals surface area contributed by atoms with Crippen LogP contribution >= 0.6 is 0 Å². The Kier molecular flexibility index (Phi) is 4.22. The molecule has 4 nitrogen and oxygen atoms in total. The number of rotatable bonds is 4. The fraction of sp³-hybridized carbons (Fsp3) is 0.533. The van der Waals surface area contributed by atoms with Crippen molar-refractivity contribution in [3.63, 3.8) is 0 Å². The summed E-state index contributed by atoms with van der Waals surface area (Å²) in [6.45, 7) is 5.71. The molecule has 0 saturated carbocycles. The Balaban J connectivity index is 2.03. The minimum Gasteiger partial charge on any atom is -0.387 e. The van der Waals surface area contributed by atoms with E-state index in [1.54, 1.807) is 0 Å². The van der Waals surface area contributed by atoms with Crippen LogP contribution in [-0.4, -0.2) is 36.2 Å². The van der Waals surface area contributed by atoms with Crippen molar-refractivity contribution in [1.29, 1.82) is 0 Å². The van der Waals surface area contributed by atoms with Gasteiger partial charge in [-0.05, 0) is 37.9 Å². The summed E-state index contributed by atoms with van der Waals surface area (Å²) in [4.78, 5) is 12.2. The molecule has 1 aromatic carbocycles. The molecule has 0 bridgehead atoms. The Labute approximate surface area is 114 Å². The number of carbonyl (C=O) groups excluding carboxylic acids is 1. The van der Waals surface area contributed by atoms with Gasteiger partial charge in [0.05, 0.1) is 5.60 Å². The molecule has 1 aliphatic rings. The smallest absolute Gasteiger partial charge is 0.251 e. The summed E-state index contributed by atoms with van der Waals surface area (Å²) in [7, 11) is 0. The van der Waals surface area contributed by atoms with E-state index in [9.17, 15) is 9.90 Å². The molecule has 1 unspecified atom stereocenters. The largest absolute Gasteiger partial charge is 0.387 e. The number of hydrogen-bond acceptors (Lipinski definition) is 3. The van der Waals surface area contributed by atoms with Crippen LogP contribution in [0.4, 0.5) is 0 Å². The molecule has 1 amide bonds. The molecule has 2 rings (SSSR count). The van der Waals surface area contributed by atoms with E-state index in [0.29, 0.717) is 25.1 Å². The van der Waals surface area contributed by atoms with Crippen LogP contribution in [0.2, 0.25) is 0 Å². The number of aliphatic hydroxyl groups is 1. The van der Waals surface area contributed by atoms with Gasteiger partial charge in [0.1, 0.15) is 0 Å². The summed E-state index contributed by atoms with van der Waals surface area (Å²) >= 11 is 0. The summed E-state index contributed by atoms with van der Waals surface area (Å²) in [5.41, 5.74) is 2.12. The normalized spacial score (nSPS) is 22.5. The minimum atomic E-state index is -0.799. The van der Waals surface area contributed by atoms with Gasteiger partial charge in [0.15, 0.2) is 0 Å². The van der Waals surface area contributed by atoms with E-state index in [4.69, 9.17) is 0 Å². The van der Waals surface area contributed by atoms with Crippen LogP contribution in [0.25, 0.3) is 0 Å². The average Bonchev–Trinajstić information content (AvgIpc) is 2.83. The molecular weight excluding hydrogens is 240 g/mol. The number of aryl methyl sites for hydroxylation is 2. The van der Waals surface area contributed by atoms with Crippen LogP contribution in [-0.2, 0) is 6.42 Å². The van der Waals surface area contributed by atoms with Crippen molar-refractivity contribution >= 4 is 5.91 Å². The van der Waals surface area contributed by atoms with E-state index < -0.39 is 5.60 Å². The molecule has 19 heavy (non-hydrogen) atoms. The molecule has 104 valence electrons. The van der Waals surface area contributed by atoms with Gasteiger partial charge in [-0.15, -0.1) is 0 Å². The molecule has 4 heteroatoms. The van der Waals surface area contributed by atoms with Crippen molar-refractivity contribution < 1.29 is 9.90 Å². The Hall–Kier alpha value is -1.39. The Morgan fingerprint density at radius 2 is 2.32 bits per heavy atom. The lowest BCUT2D eigenvalue weighted by atomic mass is 10.0. The summed E-state index contributed by atoms with van der Waals surface area (Å²) < 4.78 is 0. The third-order valence-electron chi connectivity index (χ3n) is 3.69. The van der Waals surface area contributed by atoms with Gasteiger partial charge in [-0.2, -0.15) is 0 Å². The predicted octanol–water partition coefficient (Wildman–Crippen LogP) is 1.01. The van der Waals surface area contributed by atoms with Crippen molar-refractivity contribution in [3.05, 3.63) is 34.9 Å². The molecule has 3 N–H and O–H groups in total. The fourth-order valence-corrected chi connectivity index (χ4v) is 2.46. The zero-order valence-corrected chi connectivity index (χ0v) is 11.6. The van der Waals surface area contributed by atoms with E-state index in [0.717, 1.165) is 24.1 Å². The van der Waals surface area contributed by atoms with Gasteiger partial charge >= 0.3 is 0 Å². The highest BCUT2D eigenvalue weighted by atomic mass is 16.3. The number of hydrogen-bond donors (Lipinski definition) is 3. The third kappa shape index (κ3) is 3.33. The van der Waals surface area contributed by atoms with Gasteiger partial charge in [0.25, 0.3) is 5.91 Å².